The summed E-state index contributed by atoms with van der Waals surface area (Å²) in [5, 5.41) is 5.36. The molecule has 1 unspecified atom stereocenters. The minimum atomic E-state index is -0.505. The first kappa shape index (κ1) is 12.5. The van der Waals surface area contributed by atoms with Gasteiger partial charge in [-0.2, -0.15) is 0 Å². The lowest BCUT2D eigenvalue weighted by Gasteiger charge is -2.10. The summed E-state index contributed by atoms with van der Waals surface area (Å²) in [6.07, 6.45) is 0.912. The molecule has 20 heavy (non-hydrogen) atoms. The van der Waals surface area contributed by atoms with Crippen LogP contribution in [0.1, 0.15) is 18.4 Å². The van der Waals surface area contributed by atoms with Crippen LogP contribution in [-0.4, -0.2) is 22.8 Å². The first-order valence-electron chi connectivity index (χ1n) is 6.30. The summed E-state index contributed by atoms with van der Waals surface area (Å²) >= 11 is 0. The number of nitrogens with one attached hydrogen (secondary N) is 3. The van der Waals surface area contributed by atoms with Crippen molar-refractivity contribution in [3.63, 3.8) is 0 Å². The van der Waals surface area contributed by atoms with E-state index in [1.165, 1.54) is 0 Å². The van der Waals surface area contributed by atoms with Crippen LogP contribution in [0.25, 0.3) is 11.1 Å². The molecule has 0 aliphatic carbocycles. The summed E-state index contributed by atoms with van der Waals surface area (Å²) in [6.45, 7) is 0.316. The molecule has 2 heterocycles. The van der Waals surface area contributed by atoms with Crippen molar-refractivity contribution < 1.29 is 14.0 Å². The third kappa shape index (κ3) is 2.42. The Morgan fingerprint density at radius 1 is 1.40 bits per heavy atom. The lowest BCUT2D eigenvalue weighted by Crippen LogP contribution is -2.41. The number of hydrogen-bond acceptors (Lipinski definition) is 4. The van der Waals surface area contributed by atoms with Crippen LogP contribution in [-0.2, 0) is 16.1 Å². The van der Waals surface area contributed by atoms with E-state index in [0.29, 0.717) is 30.5 Å². The van der Waals surface area contributed by atoms with E-state index in [9.17, 15) is 14.4 Å². The fourth-order valence-corrected chi connectivity index (χ4v) is 2.22. The van der Waals surface area contributed by atoms with Crippen molar-refractivity contribution in [3.8, 4) is 0 Å². The molecule has 7 heteroatoms. The normalized spacial score (nSPS) is 18.2. The first-order chi connectivity index (χ1) is 9.61. The van der Waals surface area contributed by atoms with Crippen molar-refractivity contribution in [2.45, 2.75) is 25.4 Å². The van der Waals surface area contributed by atoms with Crippen LogP contribution >= 0.6 is 0 Å². The molecule has 0 saturated carbocycles. The fraction of sp³-hybridized carbons (Fsp3) is 0.308. The first-order valence-corrected chi connectivity index (χ1v) is 6.30. The third-order valence-electron chi connectivity index (χ3n) is 3.26. The predicted molar refractivity (Wildman–Crippen MR) is 69.8 cm³/mol. The molecule has 7 nitrogen and oxygen atoms in total. The topological polar surface area (TPSA) is 104 Å². The van der Waals surface area contributed by atoms with Gasteiger partial charge < -0.3 is 15.1 Å². The summed E-state index contributed by atoms with van der Waals surface area (Å²) in [5.41, 5.74) is 1.89. The molecular formula is C13H13N3O4. The van der Waals surface area contributed by atoms with Gasteiger partial charge in [0, 0.05) is 13.0 Å². The highest BCUT2D eigenvalue weighted by Gasteiger charge is 2.26. The molecule has 0 radical (unpaired) electrons. The van der Waals surface area contributed by atoms with Gasteiger partial charge in [0.1, 0.15) is 6.04 Å². The molecule has 2 amide bonds. The minimum Gasteiger partial charge on any atom is -0.408 e. The second-order valence-corrected chi connectivity index (χ2v) is 4.72. The van der Waals surface area contributed by atoms with E-state index >= 15 is 0 Å². The van der Waals surface area contributed by atoms with E-state index in [-0.39, 0.29) is 11.8 Å². The minimum absolute atomic E-state index is 0.0966. The molecule has 1 aliphatic heterocycles. The number of aromatic amines is 1. The largest absolute Gasteiger partial charge is 0.417 e. The molecular weight excluding hydrogens is 262 g/mol. The Kier molecular flexibility index (Phi) is 3.02. The van der Waals surface area contributed by atoms with Gasteiger partial charge >= 0.3 is 5.76 Å². The van der Waals surface area contributed by atoms with E-state index in [2.05, 4.69) is 15.6 Å². The maximum atomic E-state index is 11.8. The fourth-order valence-electron chi connectivity index (χ4n) is 2.22. The van der Waals surface area contributed by atoms with E-state index in [0.717, 1.165) is 5.56 Å². The number of rotatable bonds is 3. The van der Waals surface area contributed by atoms with Gasteiger partial charge in [-0.1, -0.05) is 6.07 Å². The molecule has 0 spiro atoms. The summed E-state index contributed by atoms with van der Waals surface area (Å²) < 4.78 is 4.95. The average molecular weight is 275 g/mol. The second kappa shape index (κ2) is 4.84. The standard InChI is InChI=1S/C13H13N3O4/c17-11-4-3-9(15-11)12(18)14-6-7-1-2-8-10(5-7)20-13(19)16-8/h1-2,5,9H,3-4,6H2,(H,14,18)(H,15,17)(H,16,19). The Balaban J connectivity index is 1.65. The number of aromatic nitrogens is 1. The van der Waals surface area contributed by atoms with E-state index < -0.39 is 11.8 Å². The molecule has 3 rings (SSSR count). The van der Waals surface area contributed by atoms with Crippen LogP contribution in [0.4, 0.5) is 0 Å². The molecule has 1 fully saturated rings. The summed E-state index contributed by atoms with van der Waals surface area (Å²) in [7, 11) is 0. The Morgan fingerprint density at radius 3 is 3.00 bits per heavy atom. The quantitative estimate of drug-likeness (QED) is 0.734. The highest BCUT2D eigenvalue weighted by molar-refractivity contribution is 5.90. The van der Waals surface area contributed by atoms with Crippen molar-refractivity contribution in [1.29, 1.82) is 0 Å². The molecule has 2 aromatic rings. The average Bonchev–Trinajstić information content (AvgIpc) is 3.00. The Morgan fingerprint density at radius 2 is 2.25 bits per heavy atom. The lowest BCUT2D eigenvalue weighted by atomic mass is 10.2. The summed E-state index contributed by atoms with van der Waals surface area (Å²) in [5.74, 6) is -0.804. The van der Waals surface area contributed by atoms with Crippen LogP contribution in [0.15, 0.2) is 27.4 Å². The second-order valence-electron chi connectivity index (χ2n) is 4.72. The van der Waals surface area contributed by atoms with Crippen LogP contribution in [0.3, 0.4) is 0 Å². The number of fused-ring (bicyclic) bond motifs is 1. The molecule has 1 atom stereocenters. The van der Waals surface area contributed by atoms with Gasteiger partial charge in [-0.15, -0.1) is 0 Å². The number of carbonyl (C=O) groups is 2. The van der Waals surface area contributed by atoms with Crippen molar-refractivity contribution in [3.05, 3.63) is 34.3 Å². The van der Waals surface area contributed by atoms with Crippen LogP contribution in [0, 0.1) is 0 Å². The number of oxazole rings is 1. The molecule has 1 aromatic heterocycles. The number of benzene rings is 1. The number of carbonyl (C=O) groups excluding carboxylic acids is 2. The SMILES string of the molecule is O=C1CCC(C(=O)NCc2ccc3[nH]c(=O)oc3c2)N1. The zero-order valence-electron chi connectivity index (χ0n) is 10.6. The van der Waals surface area contributed by atoms with Crippen molar-refractivity contribution in [1.82, 2.24) is 15.6 Å². The lowest BCUT2D eigenvalue weighted by molar-refractivity contribution is -0.125. The highest BCUT2D eigenvalue weighted by Crippen LogP contribution is 2.12. The van der Waals surface area contributed by atoms with Crippen LogP contribution in [0.5, 0.6) is 0 Å². The van der Waals surface area contributed by atoms with Gasteiger partial charge in [-0.25, -0.2) is 4.79 Å². The molecule has 104 valence electrons. The number of H-pyrrole nitrogens is 1. The van der Waals surface area contributed by atoms with Gasteiger partial charge in [0.15, 0.2) is 5.58 Å². The van der Waals surface area contributed by atoms with Crippen molar-refractivity contribution in [2.24, 2.45) is 0 Å². The molecule has 0 bridgehead atoms. The Bertz CT molecular complexity index is 731. The third-order valence-corrected chi connectivity index (χ3v) is 3.26. The smallest absolute Gasteiger partial charge is 0.408 e. The van der Waals surface area contributed by atoms with Crippen molar-refractivity contribution >= 4 is 22.9 Å². The predicted octanol–water partition coefficient (Wildman–Crippen LogP) is 0.0159. The maximum absolute atomic E-state index is 11.8. The molecule has 1 saturated heterocycles. The maximum Gasteiger partial charge on any atom is 0.417 e. The van der Waals surface area contributed by atoms with E-state index in [4.69, 9.17) is 4.42 Å². The van der Waals surface area contributed by atoms with Gasteiger partial charge in [0.05, 0.1) is 5.52 Å². The molecule has 1 aliphatic rings. The monoisotopic (exact) mass is 275 g/mol. The zero-order valence-corrected chi connectivity index (χ0v) is 10.6. The molecule has 3 N–H and O–H groups in total. The van der Waals surface area contributed by atoms with Gasteiger partial charge in [0.25, 0.3) is 0 Å². The Labute approximate surface area is 113 Å². The van der Waals surface area contributed by atoms with Gasteiger partial charge in [-0.05, 0) is 24.1 Å². The zero-order chi connectivity index (χ0) is 14.1. The van der Waals surface area contributed by atoms with Gasteiger partial charge in [0.2, 0.25) is 11.8 Å². The van der Waals surface area contributed by atoms with E-state index in [1.807, 2.05) is 0 Å². The molecule has 1 aromatic carbocycles. The van der Waals surface area contributed by atoms with Crippen LogP contribution in [0.2, 0.25) is 0 Å². The summed E-state index contributed by atoms with van der Waals surface area (Å²) in [6, 6.07) is 4.76. The number of amides is 2. The highest BCUT2D eigenvalue weighted by atomic mass is 16.4. The van der Waals surface area contributed by atoms with Crippen molar-refractivity contribution in [2.75, 3.05) is 0 Å². The van der Waals surface area contributed by atoms with E-state index in [1.54, 1.807) is 18.2 Å². The number of hydrogen-bond donors (Lipinski definition) is 3. The Hall–Kier alpha value is -2.57. The van der Waals surface area contributed by atoms with Crippen LogP contribution < -0.4 is 16.4 Å². The van der Waals surface area contributed by atoms with Gasteiger partial charge in [-0.3, -0.25) is 14.6 Å². The summed E-state index contributed by atoms with van der Waals surface area (Å²) in [4.78, 5) is 36.5.